The molecule has 0 bridgehead atoms. The molecule has 2 atom stereocenters. The molecule has 0 aliphatic carbocycles. The minimum absolute atomic E-state index is 0.360. The predicted molar refractivity (Wildman–Crippen MR) is 67.4 cm³/mol. The second-order valence-electron chi connectivity index (χ2n) is 4.96. The highest BCUT2D eigenvalue weighted by molar-refractivity contribution is 5.76. The van der Waals surface area contributed by atoms with E-state index in [1.165, 1.54) is 12.8 Å². The number of carbonyl (C=O) groups excluding carboxylic acids is 1. The lowest BCUT2D eigenvalue weighted by Gasteiger charge is -2.22. The Balaban J connectivity index is 2.37. The van der Waals surface area contributed by atoms with Crippen molar-refractivity contribution in [3.8, 4) is 0 Å². The number of hydrogen-bond donors (Lipinski definition) is 1. The van der Waals surface area contributed by atoms with Gasteiger partial charge in [0.25, 0.3) is 0 Å². The average Bonchev–Trinajstić information content (AvgIpc) is 2.48. The van der Waals surface area contributed by atoms with Crippen LogP contribution in [-0.4, -0.2) is 37.0 Å². The predicted octanol–water partition coefficient (Wildman–Crippen LogP) is 2.02. The third-order valence-electron chi connectivity index (χ3n) is 3.83. The van der Waals surface area contributed by atoms with Gasteiger partial charge in [0, 0.05) is 25.6 Å². The molecule has 0 aromatic carbocycles. The maximum Gasteiger partial charge on any atom is 0.222 e. The van der Waals surface area contributed by atoms with Crippen molar-refractivity contribution in [2.45, 2.75) is 52.0 Å². The SMILES string of the molecule is CCC1CCC(=O)N(CCC(C)NC)CC1. The van der Waals surface area contributed by atoms with Crippen LogP contribution in [-0.2, 0) is 4.79 Å². The first-order valence-corrected chi connectivity index (χ1v) is 6.62. The summed E-state index contributed by atoms with van der Waals surface area (Å²) >= 11 is 0. The van der Waals surface area contributed by atoms with E-state index >= 15 is 0 Å². The summed E-state index contributed by atoms with van der Waals surface area (Å²) in [6, 6.07) is 0.498. The lowest BCUT2D eigenvalue weighted by molar-refractivity contribution is -0.130. The van der Waals surface area contributed by atoms with Crippen molar-refractivity contribution in [1.82, 2.24) is 10.2 Å². The molecule has 3 nitrogen and oxygen atoms in total. The van der Waals surface area contributed by atoms with Crippen LogP contribution in [0.25, 0.3) is 0 Å². The zero-order valence-electron chi connectivity index (χ0n) is 11.0. The minimum Gasteiger partial charge on any atom is -0.343 e. The zero-order valence-corrected chi connectivity index (χ0v) is 11.0. The van der Waals surface area contributed by atoms with Gasteiger partial charge >= 0.3 is 0 Å². The van der Waals surface area contributed by atoms with Gasteiger partial charge in [0.05, 0.1) is 0 Å². The Morgan fingerprint density at radius 2 is 2.25 bits per heavy atom. The van der Waals surface area contributed by atoms with Crippen molar-refractivity contribution in [3.05, 3.63) is 0 Å². The molecule has 0 spiro atoms. The van der Waals surface area contributed by atoms with Crippen LogP contribution in [0, 0.1) is 5.92 Å². The summed E-state index contributed by atoms with van der Waals surface area (Å²) in [6.07, 6.45) is 5.31. The Morgan fingerprint density at radius 1 is 1.50 bits per heavy atom. The molecule has 1 saturated heterocycles. The van der Waals surface area contributed by atoms with Gasteiger partial charge in [-0.05, 0) is 39.2 Å². The highest BCUT2D eigenvalue weighted by Crippen LogP contribution is 2.21. The van der Waals surface area contributed by atoms with Crippen LogP contribution in [0.2, 0.25) is 0 Å². The largest absolute Gasteiger partial charge is 0.343 e. The fraction of sp³-hybridized carbons (Fsp3) is 0.923. The van der Waals surface area contributed by atoms with E-state index in [2.05, 4.69) is 24.1 Å². The molecule has 3 heteroatoms. The molecule has 1 heterocycles. The molecule has 1 rings (SSSR count). The van der Waals surface area contributed by atoms with E-state index in [1.54, 1.807) is 0 Å². The van der Waals surface area contributed by atoms with E-state index in [4.69, 9.17) is 0 Å². The molecule has 0 aromatic rings. The van der Waals surface area contributed by atoms with Gasteiger partial charge in [-0.2, -0.15) is 0 Å². The molecule has 0 radical (unpaired) electrons. The Kier molecular flexibility index (Phi) is 5.81. The smallest absolute Gasteiger partial charge is 0.222 e. The molecule has 1 N–H and O–H groups in total. The van der Waals surface area contributed by atoms with Gasteiger partial charge in [-0.25, -0.2) is 0 Å². The summed E-state index contributed by atoms with van der Waals surface area (Å²) in [5.41, 5.74) is 0. The van der Waals surface area contributed by atoms with Crippen LogP contribution in [0.15, 0.2) is 0 Å². The summed E-state index contributed by atoms with van der Waals surface area (Å²) < 4.78 is 0. The highest BCUT2D eigenvalue weighted by Gasteiger charge is 2.21. The number of hydrogen-bond acceptors (Lipinski definition) is 2. The molecule has 0 saturated carbocycles. The number of likely N-dealkylation sites (tertiary alicyclic amines) is 1. The van der Waals surface area contributed by atoms with Gasteiger partial charge in [-0.1, -0.05) is 13.3 Å². The lowest BCUT2D eigenvalue weighted by Crippen LogP contribution is -2.35. The number of nitrogens with zero attached hydrogens (tertiary/aromatic N) is 1. The first-order valence-electron chi connectivity index (χ1n) is 6.62. The Labute approximate surface area is 99.6 Å². The second-order valence-corrected chi connectivity index (χ2v) is 4.96. The monoisotopic (exact) mass is 226 g/mol. The summed E-state index contributed by atoms with van der Waals surface area (Å²) in [5, 5.41) is 3.22. The third kappa shape index (κ3) is 4.12. The van der Waals surface area contributed by atoms with Gasteiger partial charge in [0.1, 0.15) is 0 Å². The molecule has 1 aliphatic heterocycles. The minimum atomic E-state index is 0.360. The lowest BCUT2D eigenvalue weighted by atomic mass is 9.98. The Hall–Kier alpha value is -0.570. The molecular formula is C13H26N2O. The summed E-state index contributed by atoms with van der Waals surface area (Å²) in [6.45, 7) is 6.27. The van der Waals surface area contributed by atoms with Crippen LogP contribution in [0.4, 0.5) is 0 Å². The van der Waals surface area contributed by atoms with Crippen molar-refractivity contribution in [2.24, 2.45) is 5.92 Å². The van der Waals surface area contributed by atoms with E-state index in [0.29, 0.717) is 11.9 Å². The number of carbonyl (C=O) groups is 1. The summed E-state index contributed by atoms with van der Waals surface area (Å²) in [5.74, 6) is 1.12. The van der Waals surface area contributed by atoms with Crippen molar-refractivity contribution in [1.29, 1.82) is 0 Å². The van der Waals surface area contributed by atoms with Gasteiger partial charge in [-0.15, -0.1) is 0 Å². The van der Waals surface area contributed by atoms with Gasteiger partial charge in [0.2, 0.25) is 5.91 Å². The molecule has 1 fully saturated rings. The first-order chi connectivity index (χ1) is 7.67. The van der Waals surface area contributed by atoms with Crippen LogP contribution in [0.1, 0.15) is 46.0 Å². The standard InChI is InChI=1S/C13H26N2O/c1-4-12-5-6-13(16)15(10-8-12)9-7-11(2)14-3/h11-12,14H,4-10H2,1-3H3. The van der Waals surface area contributed by atoms with Crippen molar-refractivity contribution < 1.29 is 4.79 Å². The third-order valence-corrected chi connectivity index (χ3v) is 3.83. The molecule has 2 unspecified atom stereocenters. The highest BCUT2D eigenvalue weighted by atomic mass is 16.2. The molecule has 1 amide bonds. The molecule has 16 heavy (non-hydrogen) atoms. The van der Waals surface area contributed by atoms with Crippen molar-refractivity contribution >= 4 is 5.91 Å². The summed E-state index contributed by atoms with van der Waals surface area (Å²) in [7, 11) is 1.97. The Morgan fingerprint density at radius 3 is 2.88 bits per heavy atom. The molecular weight excluding hydrogens is 200 g/mol. The van der Waals surface area contributed by atoms with Crippen LogP contribution in [0.5, 0.6) is 0 Å². The maximum atomic E-state index is 11.9. The van der Waals surface area contributed by atoms with Crippen LogP contribution >= 0.6 is 0 Å². The normalized spacial score (nSPS) is 24.3. The fourth-order valence-electron chi connectivity index (χ4n) is 2.23. The second kappa shape index (κ2) is 6.89. The Bertz CT molecular complexity index is 218. The van der Waals surface area contributed by atoms with E-state index in [1.807, 2.05) is 7.05 Å². The van der Waals surface area contributed by atoms with E-state index in [0.717, 1.165) is 38.3 Å². The topological polar surface area (TPSA) is 32.3 Å². The van der Waals surface area contributed by atoms with Gasteiger partial charge in [0.15, 0.2) is 0 Å². The molecule has 0 aromatic heterocycles. The quantitative estimate of drug-likeness (QED) is 0.778. The molecule has 94 valence electrons. The zero-order chi connectivity index (χ0) is 12.0. The molecule has 1 aliphatic rings. The number of nitrogens with one attached hydrogen (secondary N) is 1. The van der Waals surface area contributed by atoms with Crippen molar-refractivity contribution in [2.75, 3.05) is 20.1 Å². The van der Waals surface area contributed by atoms with Crippen LogP contribution in [0.3, 0.4) is 0 Å². The maximum absolute atomic E-state index is 11.9. The number of amides is 1. The van der Waals surface area contributed by atoms with E-state index < -0.39 is 0 Å². The average molecular weight is 226 g/mol. The van der Waals surface area contributed by atoms with Gasteiger partial charge < -0.3 is 10.2 Å². The number of rotatable bonds is 5. The van der Waals surface area contributed by atoms with Crippen molar-refractivity contribution in [3.63, 3.8) is 0 Å². The summed E-state index contributed by atoms with van der Waals surface area (Å²) in [4.78, 5) is 13.9. The van der Waals surface area contributed by atoms with Crippen LogP contribution < -0.4 is 5.32 Å². The fourth-order valence-corrected chi connectivity index (χ4v) is 2.23. The van der Waals surface area contributed by atoms with E-state index in [-0.39, 0.29) is 0 Å². The van der Waals surface area contributed by atoms with Gasteiger partial charge in [-0.3, -0.25) is 4.79 Å². The van der Waals surface area contributed by atoms with E-state index in [9.17, 15) is 4.79 Å². The first kappa shape index (κ1) is 13.5.